The van der Waals surface area contributed by atoms with Crippen molar-refractivity contribution in [2.75, 3.05) is 5.32 Å². The first kappa shape index (κ1) is 31.6. The Morgan fingerprint density at radius 1 is 1.05 bits per heavy atom. The number of carboxylic acid groups (broad SMARTS) is 1. The normalized spacial score (nSPS) is 15.6. The van der Waals surface area contributed by atoms with Gasteiger partial charge in [-0.1, -0.05) is 62.7 Å². The molecule has 0 amide bonds. The molecule has 2 N–H and O–H groups in total. The SMILES string of the molecule is CC(=O)[C@@H](Oc1ccc2c(c1)c(CCC(C)(C)C)c(CC(C)(C)C(=O)O)n2Cc1ccc(Cl)cc1)C1Cc2ccccc2N1. The molecule has 1 aliphatic rings. The largest absolute Gasteiger partial charge is 0.481 e. The number of aromatic nitrogens is 1. The molecule has 0 saturated heterocycles. The molecule has 6 nitrogen and oxygen atoms in total. The maximum atomic E-state index is 12.9. The predicted octanol–water partition coefficient (Wildman–Crippen LogP) is 8.35. The zero-order valence-corrected chi connectivity index (χ0v) is 27.3. The molecule has 1 aliphatic heterocycles. The van der Waals surface area contributed by atoms with Gasteiger partial charge in [0.15, 0.2) is 11.9 Å². The number of hydrogen-bond donors (Lipinski definition) is 2. The van der Waals surface area contributed by atoms with Gasteiger partial charge in [0, 0.05) is 40.3 Å². The van der Waals surface area contributed by atoms with Crippen LogP contribution in [0, 0.1) is 10.8 Å². The molecule has 0 fully saturated rings. The summed E-state index contributed by atoms with van der Waals surface area (Å²) in [5.41, 5.74) is 5.57. The van der Waals surface area contributed by atoms with Gasteiger partial charge in [0.2, 0.25) is 0 Å². The molecule has 0 saturated carbocycles. The van der Waals surface area contributed by atoms with E-state index in [-0.39, 0.29) is 17.2 Å². The van der Waals surface area contributed by atoms with Crippen molar-refractivity contribution in [2.24, 2.45) is 10.8 Å². The van der Waals surface area contributed by atoms with Crippen molar-refractivity contribution in [1.29, 1.82) is 0 Å². The molecular weight excluding hydrogens is 572 g/mol. The summed E-state index contributed by atoms with van der Waals surface area (Å²) in [4.78, 5) is 25.2. The Kier molecular flexibility index (Phi) is 8.86. The van der Waals surface area contributed by atoms with Crippen LogP contribution in [0.1, 0.15) is 70.3 Å². The minimum Gasteiger partial charge on any atom is -0.481 e. The number of rotatable bonds is 11. The highest BCUT2D eigenvalue weighted by Crippen LogP contribution is 2.38. The summed E-state index contributed by atoms with van der Waals surface area (Å²) in [6.45, 7) is 12.4. The fraction of sp³-hybridized carbons (Fsp3) is 0.405. The van der Waals surface area contributed by atoms with Gasteiger partial charge in [-0.3, -0.25) is 9.59 Å². The number of para-hydroxylation sites is 1. The monoisotopic (exact) mass is 614 g/mol. The van der Waals surface area contributed by atoms with E-state index in [4.69, 9.17) is 16.3 Å². The number of ether oxygens (including phenoxy) is 1. The van der Waals surface area contributed by atoms with Gasteiger partial charge in [0.1, 0.15) is 5.75 Å². The Labute approximate surface area is 265 Å². The molecule has 4 aromatic rings. The molecule has 7 heteroatoms. The van der Waals surface area contributed by atoms with Crippen LogP contribution in [0.3, 0.4) is 0 Å². The summed E-state index contributed by atoms with van der Waals surface area (Å²) < 4.78 is 8.74. The molecule has 3 aromatic carbocycles. The third-order valence-corrected chi connectivity index (χ3v) is 8.90. The van der Waals surface area contributed by atoms with E-state index >= 15 is 0 Å². The van der Waals surface area contributed by atoms with E-state index in [0.29, 0.717) is 30.2 Å². The highest BCUT2D eigenvalue weighted by molar-refractivity contribution is 6.30. The fourth-order valence-corrected chi connectivity index (χ4v) is 6.19. The van der Waals surface area contributed by atoms with Gasteiger partial charge in [-0.2, -0.15) is 0 Å². The van der Waals surface area contributed by atoms with E-state index in [0.717, 1.165) is 46.3 Å². The number of aryl methyl sites for hydroxylation is 1. The molecular formula is C37H43ClN2O4. The molecule has 1 aromatic heterocycles. The van der Waals surface area contributed by atoms with Gasteiger partial charge in [0.05, 0.1) is 11.5 Å². The number of anilines is 1. The lowest BCUT2D eigenvalue weighted by atomic mass is 9.84. The minimum atomic E-state index is -0.967. The molecule has 5 rings (SSSR count). The van der Waals surface area contributed by atoms with Gasteiger partial charge in [-0.05, 0) is 98.5 Å². The van der Waals surface area contributed by atoms with Crippen molar-refractivity contribution in [3.63, 3.8) is 0 Å². The molecule has 1 unspecified atom stereocenters. The van der Waals surface area contributed by atoms with Crippen LogP contribution in [-0.4, -0.2) is 33.6 Å². The van der Waals surface area contributed by atoms with Crippen molar-refractivity contribution in [1.82, 2.24) is 4.57 Å². The number of Topliss-reactive ketones (excluding diaryl/α,β-unsaturated/α-hetero) is 1. The summed E-state index contributed by atoms with van der Waals surface area (Å²) in [7, 11) is 0. The van der Waals surface area contributed by atoms with Gasteiger partial charge < -0.3 is 19.7 Å². The number of carbonyl (C=O) groups excluding carboxylic acids is 1. The number of carbonyl (C=O) groups is 2. The van der Waals surface area contributed by atoms with Crippen molar-refractivity contribution < 1.29 is 19.4 Å². The highest BCUT2D eigenvalue weighted by Gasteiger charge is 2.34. The van der Waals surface area contributed by atoms with Gasteiger partial charge in [-0.15, -0.1) is 0 Å². The Bertz CT molecular complexity index is 1660. The average molecular weight is 615 g/mol. The molecule has 0 radical (unpaired) electrons. The Hall–Kier alpha value is -3.77. The van der Waals surface area contributed by atoms with Crippen LogP contribution in [0.5, 0.6) is 5.75 Å². The lowest BCUT2D eigenvalue weighted by Crippen LogP contribution is -2.41. The van der Waals surface area contributed by atoms with Gasteiger partial charge >= 0.3 is 5.97 Å². The highest BCUT2D eigenvalue weighted by atomic mass is 35.5. The fourth-order valence-electron chi connectivity index (χ4n) is 6.06. The predicted molar refractivity (Wildman–Crippen MR) is 178 cm³/mol. The van der Waals surface area contributed by atoms with Crippen molar-refractivity contribution in [3.8, 4) is 5.75 Å². The van der Waals surface area contributed by atoms with E-state index < -0.39 is 17.5 Å². The molecule has 44 heavy (non-hydrogen) atoms. The number of halogens is 1. The number of benzene rings is 3. The standard InChI is InChI=1S/C37H43ClN2O4/c1-23(41)34(31-19-25-9-7-8-10-30(25)39-31)44-27-15-16-32-29(20-27)28(17-18-36(2,3)4)33(21-37(5,6)35(42)43)40(32)22-24-11-13-26(38)14-12-24/h7-16,20,31,34,39H,17-19,21-22H2,1-6H3,(H,42,43)/t31?,34-/m1/s1. The van der Waals surface area contributed by atoms with E-state index in [1.165, 1.54) is 5.56 Å². The number of nitrogens with zero attached hydrogens (tertiary/aromatic N) is 1. The first-order valence-corrected chi connectivity index (χ1v) is 15.7. The quantitative estimate of drug-likeness (QED) is 0.177. The number of aliphatic carboxylic acids is 1. The van der Waals surface area contributed by atoms with Gasteiger partial charge in [-0.25, -0.2) is 0 Å². The van der Waals surface area contributed by atoms with Crippen molar-refractivity contribution in [3.05, 3.63) is 94.1 Å². The topological polar surface area (TPSA) is 80.6 Å². The van der Waals surface area contributed by atoms with E-state index in [2.05, 4.69) is 36.7 Å². The Balaban J connectivity index is 1.60. The van der Waals surface area contributed by atoms with Crippen molar-refractivity contribution in [2.45, 2.75) is 85.9 Å². The lowest BCUT2D eigenvalue weighted by molar-refractivity contribution is -0.146. The summed E-state index contributed by atoms with van der Waals surface area (Å²) in [6, 6.07) is 21.8. The van der Waals surface area contributed by atoms with Crippen LogP contribution in [0.15, 0.2) is 66.7 Å². The molecule has 2 atom stereocenters. The smallest absolute Gasteiger partial charge is 0.309 e. The van der Waals surface area contributed by atoms with Crippen LogP contribution < -0.4 is 10.1 Å². The average Bonchev–Trinajstić information content (AvgIpc) is 3.49. The first-order chi connectivity index (χ1) is 20.7. The molecule has 232 valence electrons. The van der Waals surface area contributed by atoms with E-state index in [1.807, 2.05) is 60.7 Å². The van der Waals surface area contributed by atoms with Crippen molar-refractivity contribution >= 4 is 39.9 Å². The first-order valence-electron chi connectivity index (χ1n) is 15.4. The summed E-state index contributed by atoms with van der Waals surface area (Å²) in [5.74, 6) is -0.242. The van der Waals surface area contributed by atoms with Crippen LogP contribution >= 0.6 is 11.6 Å². The number of hydrogen-bond acceptors (Lipinski definition) is 4. The molecule has 0 aliphatic carbocycles. The van der Waals surface area contributed by atoms with Crippen LogP contribution in [-0.2, 0) is 35.4 Å². The summed E-state index contributed by atoms with van der Waals surface area (Å²) in [6.07, 6.45) is 2.15. The van der Waals surface area contributed by atoms with Crippen LogP contribution in [0.4, 0.5) is 5.69 Å². The second kappa shape index (κ2) is 12.3. The van der Waals surface area contributed by atoms with Crippen LogP contribution in [0.25, 0.3) is 10.9 Å². The van der Waals surface area contributed by atoms with Crippen LogP contribution in [0.2, 0.25) is 5.02 Å². The second-order valence-electron chi connectivity index (χ2n) is 14.0. The Morgan fingerprint density at radius 2 is 1.75 bits per heavy atom. The maximum absolute atomic E-state index is 12.9. The zero-order valence-electron chi connectivity index (χ0n) is 26.5. The number of ketones is 1. The molecule has 0 spiro atoms. The number of carboxylic acids is 1. The molecule has 2 heterocycles. The Morgan fingerprint density at radius 3 is 2.39 bits per heavy atom. The summed E-state index contributed by atoms with van der Waals surface area (Å²) in [5, 5.41) is 15.3. The second-order valence-corrected chi connectivity index (χ2v) is 14.4. The number of nitrogens with one attached hydrogen (secondary N) is 1. The van der Waals surface area contributed by atoms with Gasteiger partial charge in [0.25, 0.3) is 0 Å². The third kappa shape index (κ3) is 6.96. The third-order valence-electron chi connectivity index (χ3n) is 8.65. The van der Waals surface area contributed by atoms with E-state index in [1.54, 1.807) is 20.8 Å². The molecule has 0 bridgehead atoms. The maximum Gasteiger partial charge on any atom is 0.309 e. The number of fused-ring (bicyclic) bond motifs is 2. The summed E-state index contributed by atoms with van der Waals surface area (Å²) >= 11 is 6.19. The zero-order chi connectivity index (χ0) is 31.8. The lowest BCUT2D eigenvalue weighted by Gasteiger charge is -2.23. The van der Waals surface area contributed by atoms with E-state index in [9.17, 15) is 14.7 Å². The minimum absolute atomic E-state index is 0.0347.